The van der Waals surface area contributed by atoms with Crippen LogP contribution in [0.4, 0.5) is 0 Å². The minimum atomic E-state index is 0.179. The fourth-order valence-electron chi connectivity index (χ4n) is 1.72. The van der Waals surface area contributed by atoms with Gasteiger partial charge in [0.2, 0.25) is 0 Å². The number of hydrogen-bond acceptors (Lipinski definition) is 2. The lowest BCUT2D eigenvalue weighted by Crippen LogP contribution is -1.78. The topological polar surface area (TPSA) is 48.9 Å². The maximum Gasteiger partial charge on any atom is 0.189 e. The molecule has 3 heteroatoms. The Morgan fingerprint density at radius 3 is 3.00 bits per heavy atom. The number of H-pyrrole nitrogens is 1. The van der Waals surface area contributed by atoms with Crippen LogP contribution in [0.2, 0.25) is 0 Å². The van der Waals surface area contributed by atoms with E-state index < -0.39 is 0 Å². The van der Waals surface area contributed by atoms with Crippen molar-refractivity contribution in [2.24, 2.45) is 0 Å². The molecule has 0 fully saturated rings. The number of aromatic nitrogens is 2. The van der Waals surface area contributed by atoms with Crippen LogP contribution in [0.5, 0.6) is 5.88 Å². The van der Waals surface area contributed by atoms with E-state index in [1.54, 1.807) is 12.3 Å². The Kier molecular flexibility index (Phi) is 1.31. The van der Waals surface area contributed by atoms with Crippen LogP contribution >= 0.6 is 0 Å². The number of nitrogens with one attached hydrogen (secondary N) is 1. The number of fused-ring (bicyclic) bond motifs is 3. The molecule has 0 radical (unpaired) electrons. The van der Waals surface area contributed by atoms with E-state index in [-0.39, 0.29) is 5.88 Å². The summed E-state index contributed by atoms with van der Waals surface area (Å²) in [6.07, 6.45) is 1.76. The van der Waals surface area contributed by atoms with E-state index in [2.05, 4.69) is 9.97 Å². The SMILES string of the molecule is Oc1cc2cnc3ccccc3c2[nH]1. The zero-order valence-electron chi connectivity index (χ0n) is 7.36. The highest BCUT2D eigenvalue weighted by atomic mass is 16.3. The molecule has 0 aliphatic carbocycles. The Morgan fingerprint density at radius 2 is 2.07 bits per heavy atom. The summed E-state index contributed by atoms with van der Waals surface area (Å²) < 4.78 is 0. The predicted molar refractivity (Wildman–Crippen MR) is 55.3 cm³/mol. The molecule has 3 nitrogen and oxygen atoms in total. The fourth-order valence-corrected chi connectivity index (χ4v) is 1.72. The number of rotatable bonds is 0. The monoisotopic (exact) mass is 184 g/mol. The van der Waals surface area contributed by atoms with Crippen molar-refractivity contribution in [1.29, 1.82) is 0 Å². The lowest BCUT2D eigenvalue weighted by atomic mass is 10.2. The first-order valence-corrected chi connectivity index (χ1v) is 4.40. The second-order valence-corrected chi connectivity index (χ2v) is 3.26. The summed E-state index contributed by atoms with van der Waals surface area (Å²) in [5.41, 5.74) is 1.87. The van der Waals surface area contributed by atoms with Gasteiger partial charge in [-0.2, -0.15) is 0 Å². The van der Waals surface area contributed by atoms with Gasteiger partial charge in [-0.25, -0.2) is 0 Å². The molecule has 1 aromatic carbocycles. The molecule has 0 bridgehead atoms. The highest BCUT2D eigenvalue weighted by Gasteiger charge is 2.03. The van der Waals surface area contributed by atoms with E-state index in [1.165, 1.54) is 0 Å². The average molecular weight is 184 g/mol. The van der Waals surface area contributed by atoms with Gasteiger partial charge in [0.05, 0.1) is 11.0 Å². The van der Waals surface area contributed by atoms with E-state index in [4.69, 9.17) is 0 Å². The first kappa shape index (κ1) is 7.38. The zero-order valence-corrected chi connectivity index (χ0v) is 7.36. The van der Waals surface area contributed by atoms with Crippen LogP contribution in [0.1, 0.15) is 0 Å². The Balaban J connectivity index is 2.60. The van der Waals surface area contributed by atoms with E-state index in [0.717, 1.165) is 21.8 Å². The largest absolute Gasteiger partial charge is 0.495 e. The third-order valence-electron chi connectivity index (χ3n) is 2.35. The van der Waals surface area contributed by atoms with Crippen molar-refractivity contribution in [2.75, 3.05) is 0 Å². The molecule has 68 valence electrons. The van der Waals surface area contributed by atoms with Gasteiger partial charge >= 0.3 is 0 Å². The third kappa shape index (κ3) is 0.893. The smallest absolute Gasteiger partial charge is 0.189 e. The standard InChI is InChI=1S/C11H8N2O/c14-10-5-7-6-12-9-4-2-1-3-8(9)11(7)13-10/h1-6,13-14H. The van der Waals surface area contributed by atoms with Gasteiger partial charge in [-0.15, -0.1) is 0 Å². The maximum absolute atomic E-state index is 9.33. The van der Waals surface area contributed by atoms with Gasteiger partial charge in [0.1, 0.15) is 0 Å². The van der Waals surface area contributed by atoms with E-state index >= 15 is 0 Å². The summed E-state index contributed by atoms with van der Waals surface area (Å²) in [4.78, 5) is 7.21. The quantitative estimate of drug-likeness (QED) is 0.563. The molecule has 0 unspecified atom stereocenters. The van der Waals surface area contributed by atoms with Crippen molar-refractivity contribution in [3.8, 4) is 5.88 Å². The van der Waals surface area contributed by atoms with Gasteiger partial charge in [-0.05, 0) is 6.07 Å². The van der Waals surface area contributed by atoms with Gasteiger partial charge in [0.15, 0.2) is 5.88 Å². The normalized spacial score (nSPS) is 11.1. The van der Waals surface area contributed by atoms with Crippen molar-refractivity contribution in [3.63, 3.8) is 0 Å². The molecule has 3 aromatic rings. The van der Waals surface area contributed by atoms with Gasteiger partial charge in [0, 0.05) is 23.0 Å². The van der Waals surface area contributed by atoms with Gasteiger partial charge in [-0.1, -0.05) is 18.2 Å². The average Bonchev–Trinajstić information content (AvgIpc) is 2.59. The molecule has 0 aliphatic heterocycles. The lowest BCUT2D eigenvalue weighted by Gasteiger charge is -1.96. The van der Waals surface area contributed by atoms with Crippen molar-refractivity contribution >= 4 is 21.8 Å². The van der Waals surface area contributed by atoms with Crippen LogP contribution in [0.25, 0.3) is 21.8 Å². The molecular formula is C11H8N2O. The molecule has 2 heterocycles. The molecule has 0 saturated carbocycles. The van der Waals surface area contributed by atoms with E-state index in [0.29, 0.717) is 0 Å². The summed E-state index contributed by atoms with van der Waals surface area (Å²) in [5.74, 6) is 0.179. The number of aromatic amines is 1. The summed E-state index contributed by atoms with van der Waals surface area (Å²) in [7, 11) is 0. The minimum absolute atomic E-state index is 0.179. The van der Waals surface area contributed by atoms with Gasteiger partial charge < -0.3 is 10.1 Å². The lowest BCUT2D eigenvalue weighted by molar-refractivity contribution is 0.458. The number of pyridine rings is 1. The summed E-state index contributed by atoms with van der Waals surface area (Å²) >= 11 is 0. The van der Waals surface area contributed by atoms with E-state index in [9.17, 15) is 5.11 Å². The molecule has 2 N–H and O–H groups in total. The minimum Gasteiger partial charge on any atom is -0.495 e. The first-order chi connectivity index (χ1) is 6.84. The van der Waals surface area contributed by atoms with Crippen LogP contribution in [-0.4, -0.2) is 15.1 Å². The van der Waals surface area contributed by atoms with Gasteiger partial charge in [0.25, 0.3) is 0 Å². The summed E-state index contributed by atoms with van der Waals surface area (Å²) in [6, 6.07) is 9.52. The van der Waals surface area contributed by atoms with E-state index in [1.807, 2.05) is 24.3 Å². The van der Waals surface area contributed by atoms with Crippen LogP contribution in [0.15, 0.2) is 36.5 Å². The van der Waals surface area contributed by atoms with Crippen LogP contribution in [0.3, 0.4) is 0 Å². The third-order valence-corrected chi connectivity index (χ3v) is 2.35. The molecule has 3 rings (SSSR count). The Morgan fingerprint density at radius 1 is 1.21 bits per heavy atom. The maximum atomic E-state index is 9.33. The van der Waals surface area contributed by atoms with Crippen LogP contribution in [0, 0.1) is 0 Å². The second-order valence-electron chi connectivity index (χ2n) is 3.26. The van der Waals surface area contributed by atoms with Crippen molar-refractivity contribution in [3.05, 3.63) is 36.5 Å². The molecule has 0 saturated heterocycles. The second kappa shape index (κ2) is 2.48. The number of benzene rings is 1. The molecule has 0 aliphatic rings. The number of aromatic hydroxyl groups is 1. The first-order valence-electron chi connectivity index (χ1n) is 4.40. The molecule has 0 spiro atoms. The molecule has 14 heavy (non-hydrogen) atoms. The van der Waals surface area contributed by atoms with Crippen molar-refractivity contribution in [2.45, 2.75) is 0 Å². The fraction of sp³-hybridized carbons (Fsp3) is 0. The molecule has 0 atom stereocenters. The predicted octanol–water partition coefficient (Wildman–Crippen LogP) is 2.42. The molecular weight excluding hydrogens is 176 g/mol. The van der Waals surface area contributed by atoms with Crippen molar-refractivity contribution < 1.29 is 5.11 Å². The van der Waals surface area contributed by atoms with Crippen molar-refractivity contribution in [1.82, 2.24) is 9.97 Å². The Labute approximate surface area is 80.0 Å². The summed E-state index contributed by atoms with van der Waals surface area (Å²) in [5, 5.41) is 11.3. The van der Waals surface area contributed by atoms with Crippen LogP contribution in [-0.2, 0) is 0 Å². The summed E-state index contributed by atoms with van der Waals surface area (Å²) in [6.45, 7) is 0. The number of hydrogen-bond donors (Lipinski definition) is 2. The highest BCUT2D eigenvalue weighted by molar-refractivity contribution is 6.03. The zero-order chi connectivity index (χ0) is 9.54. The number of nitrogens with zero attached hydrogens (tertiary/aromatic N) is 1. The number of para-hydroxylation sites is 1. The van der Waals surface area contributed by atoms with Crippen LogP contribution < -0.4 is 0 Å². The highest BCUT2D eigenvalue weighted by Crippen LogP contribution is 2.25. The van der Waals surface area contributed by atoms with Gasteiger partial charge in [-0.3, -0.25) is 4.98 Å². The molecule has 2 aromatic heterocycles. The molecule has 0 amide bonds. The Bertz CT molecular complexity index is 613. The Hall–Kier alpha value is -2.03.